The lowest BCUT2D eigenvalue weighted by Gasteiger charge is -2.23. The molecular formula is C13H15NO4S. The highest BCUT2D eigenvalue weighted by atomic mass is 32.2. The number of carbonyl (C=O) groups is 2. The molecule has 0 unspecified atom stereocenters. The predicted molar refractivity (Wildman–Crippen MR) is 66.4 cm³/mol. The summed E-state index contributed by atoms with van der Waals surface area (Å²) in [7, 11) is -3.32. The topological polar surface area (TPSA) is 71.5 Å². The van der Waals surface area contributed by atoms with E-state index in [0.717, 1.165) is 11.3 Å². The number of imide groups is 1. The summed E-state index contributed by atoms with van der Waals surface area (Å²) in [5.74, 6) is -0.711. The van der Waals surface area contributed by atoms with Gasteiger partial charge in [-0.3, -0.25) is 14.5 Å². The van der Waals surface area contributed by atoms with Crippen molar-refractivity contribution < 1.29 is 18.0 Å². The van der Waals surface area contributed by atoms with Crippen LogP contribution in [0.4, 0.5) is 0 Å². The fraction of sp³-hybridized carbons (Fsp3) is 0.692. The van der Waals surface area contributed by atoms with Gasteiger partial charge in [0, 0.05) is 0 Å². The van der Waals surface area contributed by atoms with Crippen molar-refractivity contribution in [1.82, 2.24) is 4.90 Å². The minimum atomic E-state index is -3.32. The number of fused-ring (bicyclic) bond motifs is 5. The molecule has 0 spiro atoms. The zero-order valence-corrected chi connectivity index (χ0v) is 11.2. The van der Waals surface area contributed by atoms with Gasteiger partial charge in [0.25, 0.3) is 0 Å². The number of sulfone groups is 1. The van der Waals surface area contributed by atoms with Crippen LogP contribution < -0.4 is 0 Å². The predicted octanol–water partition coefficient (Wildman–Crippen LogP) is 0.328. The van der Waals surface area contributed by atoms with Crippen molar-refractivity contribution in [1.29, 1.82) is 0 Å². The van der Waals surface area contributed by atoms with Crippen LogP contribution in [-0.2, 0) is 19.4 Å². The number of carbonyl (C=O) groups excluding carboxylic acids is 2. The second kappa shape index (κ2) is 3.48. The van der Waals surface area contributed by atoms with Gasteiger partial charge in [0.1, 0.15) is 5.37 Å². The van der Waals surface area contributed by atoms with Crippen molar-refractivity contribution in [2.45, 2.75) is 24.6 Å². The maximum absolute atomic E-state index is 12.5. The molecule has 6 heteroatoms. The van der Waals surface area contributed by atoms with Crippen LogP contribution in [0, 0.1) is 23.7 Å². The van der Waals surface area contributed by atoms with Gasteiger partial charge >= 0.3 is 0 Å². The lowest BCUT2D eigenvalue weighted by Crippen LogP contribution is -2.44. The van der Waals surface area contributed by atoms with Gasteiger partial charge in [-0.2, -0.15) is 0 Å². The first kappa shape index (κ1) is 11.6. The maximum Gasteiger partial charge on any atom is 0.234 e. The SMILES string of the molecule is O=C1[C@@H]2[C@H](C(=O)N1[C@H]1CCCS1(=O)=O)[C@H]1C=C[C@H]2C1. The number of likely N-dealkylation sites (tertiary alicyclic amines) is 1. The number of hydrogen-bond donors (Lipinski definition) is 0. The Morgan fingerprint density at radius 2 is 1.63 bits per heavy atom. The second-order valence-electron chi connectivity index (χ2n) is 6.01. The normalized spacial score (nSPS) is 46.3. The highest BCUT2D eigenvalue weighted by Crippen LogP contribution is 2.53. The first-order valence-corrected chi connectivity index (χ1v) is 8.49. The van der Waals surface area contributed by atoms with Gasteiger partial charge in [-0.15, -0.1) is 0 Å². The molecule has 3 fully saturated rings. The third kappa shape index (κ3) is 1.33. The smallest absolute Gasteiger partial charge is 0.234 e. The zero-order valence-electron chi connectivity index (χ0n) is 10.4. The lowest BCUT2D eigenvalue weighted by atomic mass is 9.85. The quantitative estimate of drug-likeness (QED) is 0.513. The summed E-state index contributed by atoms with van der Waals surface area (Å²) >= 11 is 0. The van der Waals surface area contributed by atoms with E-state index in [1.54, 1.807) is 0 Å². The summed E-state index contributed by atoms with van der Waals surface area (Å²) in [6.45, 7) is 0. The van der Waals surface area contributed by atoms with Crippen molar-refractivity contribution in [2.75, 3.05) is 5.75 Å². The number of rotatable bonds is 1. The van der Waals surface area contributed by atoms with Gasteiger partial charge in [0.15, 0.2) is 9.84 Å². The van der Waals surface area contributed by atoms with E-state index >= 15 is 0 Å². The lowest BCUT2D eigenvalue weighted by molar-refractivity contribution is -0.141. The highest BCUT2D eigenvalue weighted by Gasteiger charge is 2.61. The molecule has 5 nitrogen and oxygen atoms in total. The van der Waals surface area contributed by atoms with E-state index in [0.29, 0.717) is 12.8 Å². The van der Waals surface area contributed by atoms with Crippen molar-refractivity contribution in [2.24, 2.45) is 23.7 Å². The van der Waals surface area contributed by atoms with Gasteiger partial charge < -0.3 is 0 Å². The Morgan fingerprint density at radius 1 is 1.05 bits per heavy atom. The van der Waals surface area contributed by atoms with Gasteiger partial charge in [-0.25, -0.2) is 8.42 Å². The summed E-state index contributed by atoms with van der Waals surface area (Å²) in [5, 5.41) is -0.891. The van der Waals surface area contributed by atoms with Crippen molar-refractivity contribution in [3.63, 3.8) is 0 Å². The number of allylic oxidation sites excluding steroid dienone is 2. The molecule has 0 aromatic heterocycles. The van der Waals surface area contributed by atoms with Crippen LogP contribution in [0.1, 0.15) is 19.3 Å². The molecule has 2 saturated heterocycles. The van der Waals surface area contributed by atoms with Gasteiger partial charge in [-0.1, -0.05) is 12.2 Å². The average molecular weight is 281 g/mol. The summed E-state index contributed by atoms with van der Waals surface area (Å²) in [6, 6.07) is 0. The molecule has 4 rings (SSSR count). The monoisotopic (exact) mass is 281 g/mol. The molecule has 102 valence electrons. The fourth-order valence-electron chi connectivity index (χ4n) is 4.27. The molecular weight excluding hydrogens is 266 g/mol. The van der Waals surface area contributed by atoms with Gasteiger partial charge in [0.2, 0.25) is 11.8 Å². The standard InChI is InChI=1S/C13H15NO4S/c15-12-10-7-3-4-8(6-7)11(10)13(16)14(12)9-2-1-5-19(9,17)18/h3-4,7-11H,1-2,5-6H2/t7-,8-,9+,10-,11+/m0/s1. The average Bonchev–Trinajstić information content (AvgIpc) is 3.06. The Bertz CT molecular complexity index is 578. The van der Waals surface area contributed by atoms with E-state index in [1.165, 1.54) is 0 Å². The summed E-state index contributed by atoms with van der Waals surface area (Å²) in [5.41, 5.74) is 0. The minimum absolute atomic E-state index is 0.0924. The second-order valence-corrected chi connectivity index (χ2v) is 8.29. The molecule has 0 N–H and O–H groups in total. The molecule has 0 aromatic carbocycles. The largest absolute Gasteiger partial charge is 0.274 e. The van der Waals surface area contributed by atoms with E-state index < -0.39 is 15.2 Å². The van der Waals surface area contributed by atoms with Crippen molar-refractivity contribution in [3.8, 4) is 0 Å². The van der Waals surface area contributed by atoms with Gasteiger partial charge in [-0.05, 0) is 31.1 Å². The van der Waals surface area contributed by atoms with E-state index in [9.17, 15) is 18.0 Å². The zero-order chi connectivity index (χ0) is 13.4. The fourth-order valence-corrected chi connectivity index (χ4v) is 6.17. The molecule has 5 atom stereocenters. The van der Waals surface area contributed by atoms with E-state index in [1.807, 2.05) is 12.2 Å². The Labute approximate surface area is 111 Å². The van der Waals surface area contributed by atoms with E-state index in [4.69, 9.17) is 0 Å². The Kier molecular flexibility index (Phi) is 2.13. The molecule has 4 aliphatic rings. The van der Waals surface area contributed by atoms with Crippen LogP contribution in [0.15, 0.2) is 12.2 Å². The van der Waals surface area contributed by atoms with Crippen molar-refractivity contribution in [3.05, 3.63) is 12.2 Å². The summed E-state index contributed by atoms with van der Waals surface area (Å²) in [6.07, 6.45) is 5.86. The molecule has 0 radical (unpaired) electrons. The Hall–Kier alpha value is -1.17. The molecule has 2 aliphatic carbocycles. The molecule has 19 heavy (non-hydrogen) atoms. The van der Waals surface area contributed by atoms with E-state index in [-0.39, 0.29) is 41.2 Å². The molecule has 2 aliphatic heterocycles. The summed E-state index contributed by atoms with van der Waals surface area (Å²) < 4.78 is 24.0. The third-order valence-electron chi connectivity index (χ3n) is 5.09. The molecule has 0 aromatic rings. The first-order valence-electron chi connectivity index (χ1n) is 6.77. The van der Waals surface area contributed by atoms with Crippen LogP contribution in [0.25, 0.3) is 0 Å². The molecule has 2 heterocycles. The molecule has 2 amide bonds. The Morgan fingerprint density at radius 3 is 2.11 bits per heavy atom. The molecule has 2 bridgehead atoms. The van der Waals surface area contributed by atoms with Crippen LogP contribution in [0.3, 0.4) is 0 Å². The van der Waals surface area contributed by atoms with Crippen LogP contribution >= 0.6 is 0 Å². The third-order valence-corrected chi connectivity index (χ3v) is 7.22. The van der Waals surface area contributed by atoms with Gasteiger partial charge in [0.05, 0.1) is 17.6 Å². The minimum Gasteiger partial charge on any atom is -0.274 e. The van der Waals surface area contributed by atoms with E-state index in [2.05, 4.69) is 0 Å². The first-order chi connectivity index (χ1) is 9.00. The van der Waals surface area contributed by atoms with Crippen molar-refractivity contribution >= 4 is 21.7 Å². The number of hydrogen-bond acceptors (Lipinski definition) is 4. The van der Waals surface area contributed by atoms with Crippen LogP contribution in [0.5, 0.6) is 0 Å². The number of amides is 2. The van der Waals surface area contributed by atoms with Crippen LogP contribution in [-0.4, -0.2) is 36.3 Å². The van der Waals surface area contributed by atoms with Crippen LogP contribution in [0.2, 0.25) is 0 Å². The Balaban J connectivity index is 1.73. The number of nitrogens with zero attached hydrogens (tertiary/aromatic N) is 1. The maximum atomic E-state index is 12.5. The molecule has 1 saturated carbocycles. The summed E-state index contributed by atoms with van der Waals surface area (Å²) in [4.78, 5) is 26.0. The highest BCUT2D eigenvalue weighted by molar-refractivity contribution is 7.92.